The molecule has 0 heterocycles. The van der Waals surface area contributed by atoms with Gasteiger partial charge in [0, 0.05) is 12.3 Å². The number of carbonyl (C=O) groups is 1. The number of hydrogen-bond acceptors (Lipinski definition) is 3. The van der Waals surface area contributed by atoms with Crippen molar-refractivity contribution in [3.63, 3.8) is 0 Å². The van der Waals surface area contributed by atoms with Crippen LogP contribution in [0.3, 0.4) is 0 Å². The molecule has 0 aliphatic rings. The molecule has 0 aromatic heterocycles. The molecule has 0 aliphatic carbocycles. The summed E-state index contributed by atoms with van der Waals surface area (Å²) in [5.74, 6) is 1.06. The van der Waals surface area contributed by atoms with Gasteiger partial charge in [-0.1, -0.05) is 44.2 Å². The third kappa shape index (κ3) is 7.18. The van der Waals surface area contributed by atoms with Gasteiger partial charge in [-0.25, -0.2) is 4.79 Å². The van der Waals surface area contributed by atoms with Gasteiger partial charge in [-0.3, -0.25) is 0 Å². The summed E-state index contributed by atoms with van der Waals surface area (Å²) in [6, 6.07) is 9.71. The van der Waals surface area contributed by atoms with Gasteiger partial charge in [-0.15, -0.1) is 0 Å². The van der Waals surface area contributed by atoms with E-state index in [-0.39, 0.29) is 18.6 Å². The number of urea groups is 1. The Morgan fingerprint density at radius 1 is 1.32 bits per heavy atom. The quantitative estimate of drug-likeness (QED) is 0.688. The van der Waals surface area contributed by atoms with Crippen LogP contribution in [0.2, 0.25) is 0 Å². The van der Waals surface area contributed by atoms with E-state index in [0.717, 1.165) is 12.0 Å². The number of benzene rings is 1. The number of aliphatic hydroxyl groups is 1. The number of nitrogens with one attached hydrogen (secondary N) is 2. The molecule has 22 heavy (non-hydrogen) atoms. The van der Waals surface area contributed by atoms with E-state index in [4.69, 9.17) is 0 Å². The molecular weight excluding hydrogens is 296 g/mol. The number of carbonyl (C=O) groups excluding carboxylic acids is 1. The number of amides is 2. The van der Waals surface area contributed by atoms with Crippen LogP contribution in [0.4, 0.5) is 4.79 Å². The molecule has 124 valence electrons. The zero-order valence-electron chi connectivity index (χ0n) is 13.9. The average molecular weight is 324 g/mol. The predicted molar refractivity (Wildman–Crippen MR) is 94.2 cm³/mol. The molecule has 4 nitrogen and oxygen atoms in total. The molecule has 0 fully saturated rings. The van der Waals surface area contributed by atoms with E-state index < -0.39 is 5.60 Å². The van der Waals surface area contributed by atoms with Crippen LogP contribution in [0.25, 0.3) is 0 Å². The zero-order chi connectivity index (χ0) is 16.6. The summed E-state index contributed by atoms with van der Waals surface area (Å²) in [6.07, 6.45) is 2.81. The van der Waals surface area contributed by atoms with Crippen LogP contribution in [-0.4, -0.2) is 35.3 Å². The van der Waals surface area contributed by atoms with Crippen molar-refractivity contribution in [2.45, 2.75) is 38.8 Å². The fraction of sp³-hybridized carbons (Fsp3) is 0.588. The molecule has 2 atom stereocenters. The molecule has 5 heteroatoms. The van der Waals surface area contributed by atoms with Crippen LogP contribution in [0.1, 0.15) is 38.8 Å². The standard InChI is InChI=1S/C17H28N2O2S/c1-13(2)10-15(14-8-6-5-7-9-14)19-16(20)18-11-17(3,21)12-22-4/h5-9,13,15,21H,10-12H2,1-4H3,(H2,18,19,20). The Kier molecular flexibility index (Phi) is 7.76. The van der Waals surface area contributed by atoms with Crippen LogP contribution >= 0.6 is 11.8 Å². The Bertz CT molecular complexity index is 449. The Morgan fingerprint density at radius 2 is 1.95 bits per heavy atom. The van der Waals surface area contributed by atoms with Gasteiger partial charge in [0.05, 0.1) is 11.6 Å². The van der Waals surface area contributed by atoms with E-state index in [1.165, 1.54) is 0 Å². The predicted octanol–water partition coefficient (Wildman–Crippen LogP) is 3.19. The Labute approximate surface area is 138 Å². The molecule has 0 radical (unpaired) electrons. The first kappa shape index (κ1) is 18.8. The SMILES string of the molecule is CSCC(C)(O)CNC(=O)NC(CC(C)C)c1ccccc1. The Morgan fingerprint density at radius 3 is 2.50 bits per heavy atom. The van der Waals surface area contributed by atoms with E-state index in [1.807, 2.05) is 36.6 Å². The van der Waals surface area contributed by atoms with Crippen molar-refractivity contribution in [3.05, 3.63) is 35.9 Å². The number of rotatable bonds is 8. The number of thioether (sulfide) groups is 1. The van der Waals surface area contributed by atoms with E-state index >= 15 is 0 Å². The molecule has 0 spiro atoms. The van der Waals surface area contributed by atoms with Crippen LogP contribution in [-0.2, 0) is 0 Å². The van der Waals surface area contributed by atoms with Crippen molar-refractivity contribution in [2.24, 2.45) is 5.92 Å². The van der Waals surface area contributed by atoms with Crippen LogP contribution in [0, 0.1) is 5.92 Å². The molecule has 2 amide bonds. The molecule has 0 aliphatic heterocycles. The van der Waals surface area contributed by atoms with Crippen LogP contribution in [0.5, 0.6) is 0 Å². The lowest BCUT2D eigenvalue weighted by molar-refractivity contribution is 0.0867. The normalized spacial score (nSPS) is 15.2. The Balaban J connectivity index is 2.60. The van der Waals surface area contributed by atoms with E-state index in [1.54, 1.807) is 18.7 Å². The maximum Gasteiger partial charge on any atom is 0.315 e. The van der Waals surface area contributed by atoms with Gasteiger partial charge in [0.15, 0.2) is 0 Å². The fourth-order valence-electron chi connectivity index (χ4n) is 2.28. The minimum atomic E-state index is -0.892. The fourth-order valence-corrected chi connectivity index (χ4v) is 3.00. The second-order valence-corrected chi connectivity index (χ2v) is 7.22. The zero-order valence-corrected chi connectivity index (χ0v) is 14.7. The van der Waals surface area contributed by atoms with Gasteiger partial charge < -0.3 is 15.7 Å². The molecule has 0 saturated heterocycles. The van der Waals surface area contributed by atoms with Crippen molar-refractivity contribution in [2.75, 3.05) is 18.6 Å². The third-order valence-electron chi connectivity index (χ3n) is 3.30. The van der Waals surface area contributed by atoms with E-state index in [9.17, 15) is 9.90 Å². The second kappa shape index (κ2) is 9.06. The summed E-state index contributed by atoms with van der Waals surface area (Å²) in [6.45, 7) is 6.24. The molecule has 1 rings (SSSR count). The molecule has 3 N–H and O–H groups in total. The summed E-state index contributed by atoms with van der Waals surface area (Å²) in [4.78, 5) is 12.1. The van der Waals surface area contributed by atoms with Gasteiger partial charge in [-0.05, 0) is 31.1 Å². The summed E-state index contributed by atoms with van der Waals surface area (Å²) in [7, 11) is 0. The highest BCUT2D eigenvalue weighted by Crippen LogP contribution is 2.20. The van der Waals surface area contributed by atoms with Gasteiger partial charge in [-0.2, -0.15) is 11.8 Å². The average Bonchev–Trinajstić information content (AvgIpc) is 2.45. The minimum Gasteiger partial charge on any atom is -0.387 e. The lowest BCUT2D eigenvalue weighted by Gasteiger charge is -2.25. The molecule has 1 aromatic carbocycles. The van der Waals surface area contributed by atoms with Gasteiger partial charge in [0.2, 0.25) is 0 Å². The summed E-state index contributed by atoms with van der Waals surface area (Å²) in [5.41, 5.74) is 0.207. The molecule has 0 bridgehead atoms. The highest BCUT2D eigenvalue weighted by atomic mass is 32.2. The summed E-state index contributed by atoms with van der Waals surface area (Å²) < 4.78 is 0. The van der Waals surface area contributed by atoms with E-state index in [0.29, 0.717) is 11.7 Å². The lowest BCUT2D eigenvalue weighted by atomic mass is 9.97. The van der Waals surface area contributed by atoms with E-state index in [2.05, 4.69) is 24.5 Å². The smallest absolute Gasteiger partial charge is 0.315 e. The van der Waals surface area contributed by atoms with Crippen LogP contribution in [0.15, 0.2) is 30.3 Å². The van der Waals surface area contributed by atoms with Crippen molar-refractivity contribution in [3.8, 4) is 0 Å². The van der Waals surface area contributed by atoms with Gasteiger partial charge >= 0.3 is 6.03 Å². The highest BCUT2D eigenvalue weighted by molar-refractivity contribution is 7.98. The largest absolute Gasteiger partial charge is 0.387 e. The van der Waals surface area contributed by atoms with Crippen molar-refractivity contribution in [1.82, 2.24) is 10.6 Å². The van der Waals surface area contributed by atoms with Crippen LogP contribution < -0.4 is 10.6 Å². The van der Waals surface area contributed by atoms with Crippen molar-refractivity contribution >= 4 is 17.8 Å². The molecule has 2 unspecified atom stereocenters. The first-order valence-corrected chi connectivity index (χ1v) is 9.04. The summed E-state index contributed by atoms with van der Waals surface area (Å²) in [5, 5.41) is 15.9. The van der Waals surface area contributed by atoms with Gasteiger partial charge in [0.1, 0.15) is 0 Å². The maximum atomic E-state index is 12.1. The maximum absolute atomic E-state index is 12.1. The molecule has 0 saturated carbocycles. The highest BCUT2D eigenvalue weighted by Gasteiger charge is 2.22. The topological polar surface area (TPSA) is 61.4 Å². The minimum absolute atomic E-state index is 0.0216. The molecular formula is C17H28N2O2S. The lowest BCUT2D eigenvalue weighted by Crippen LogP contribution is -2.47. The van der Waals surface area contributed by atoms with Crippen molar-refractivity contribution in [1.29, 1.82) is 0 Å². The first-order chi connectivity index (χ1) is 10.3. The first-order valence-electron chi connectivity index (χ1n) is 7.64. The third-order valence-corrected chi connectivity index (χ3v) is 4.21. The monoisotopic (exact) mass is 324 g/mol. The van der Waals surface area contributed by atoms with Crippen molar-refractivity contribution < 1.29 is 9.90 Å². The van der Waals surface area contributed by atoms with Gasteiger partial charge in [0.25, 0.3) is 0 Å². The summed E-state index contributed by atoms with van der Waals surface area (Å²) >= 11 is 1.56. The molecule has 1 aromatic rings. The second-order valence-electron chi connectivity index (χ2n) is 6.35. The number of hydrogen-bond donors (Lipinski definition) is 3. The Hall–Kier alpha value is -1.20.